The molecule has 1 aliphatic heterocycles. The lowest BCUT2D eigenvalue weighted by molar-refractivity contribution is 0.274. The summed E-state index contributed by atoms with van der Waals surface area (Å²) in [5, 5.41) is 3.39. The van der Waals surface area contributed by atoms with Gasteiger partial charge < -0.3 is 10.1 Å². The lowest BCUT2D eigenvalue weighted by Gasteiger charge is -2.12. The van der Waals surface area contributed by atoms with Gasteiger partial charge in [-0.15, -0.1) is 24.8 Å². The highest BCUT2D eigenvalue weighted by atomic mass is 79.9. The molecule has 1 aliphatic rings. The Bertz CT molecular complexity index is 309. The molecule has 3 nitrogen and oxygen atoms in total. The molecule has 0 aromatic carbocycles. The highest BCUT2D eigenvalue weighted by Gasteiger charge is 2.14. The summed E-state index contributed by atoms with van der Waals surface area (Å²) in [5.74, 6) is 0.821. The summed E-state index contributed by atoms with van der Waals surface area (Å²) in [5.41, 5.74) is 0. The van der Waals surface area contributed by atoms with E-state index in [-0.39, 0.29) is 24.8 Å². The summed E-state index contributed by atoms with van der Waals surface area (Å²) in [4.78, 5) is 4.02. The first-order valence-corrected chi connectivity index (χ1v) is 5.61. The fourth-order valence-corrected chi connectivity index (χ4v) is 1.89. The van der Waals surface area contributed by atoms with Gasteiger partial charge in [-0.25, -0.2) is 0 Å². The summed E-state index contributed by atoms with van der Waals surface area (Å²) in [6, 6.07) is 2.39. The molecule has 0 saturated carbocycles. The number of nitrogens with zero attached hydrogens (tertiary/aromatic N) is 1. The standard InChI is InChI=1S/C10H13BrN2O.2ClH/c11-9-3-5-12-6-10(9)14-7-8-2-1-4-13-8;;/h3,5-6,8,13H,1-2,4,7H2;2*1H/t8-;;/m0../s1. The molecule has 1 fully saturated rings. The molecule has 1 N–H and O–H groups in total. The van der Waals surface area contributed by atoms with Crippen LogP contribution in [0.3, 0.4) is 0 Å². The molecule has 1 saturated heterocycles. The van der Waals surface area contributed by atoms with Crippen molar-refractivity contribution >= 4 is 40.7 Å². The van der Waals surface area contributed by atoms with Crippen LogP contribution in [-0.4, -0.2) is 24.2 Å². The molecule has 1 aromatic rings. The van der Waals surface area contributed by atoms with E-state index in [1.54, 1.807) is 12.4 Å². The Labute approximate surface area is 116 Å². The maximum atomic E-state index is 5.65. The highest BCUT2D eigenvalue weighted by molar-refractivity contribution is 9.10. The number of halogens is 3. The molecule has 2 heterocycles. The number of rotatable bonds is 3. The number of aromatic nitrogens is 1. The van der Waals surface area contributed by atoms with Crippen LogP contribution >= 0.6 is 40.7 Å². The van der Waals surface area contributed by atoms with E-state index in [0.29, 0.717) is 6.04 Å². The van der Waals surface area contributed by atoms with E-state index < -0.39 is 0 Å². The van der Waals surface area contributed by atoms with E-state index >= 15 is 0 Å². The molecule has 0 radical (unpaired) electrons. The van der Waals surface area contributed by atoms with Gasteiger partial charge in [0.2, 0.25) is 0 Å². The van der Waals surface area contributed by atoms with Crippen molar-refractivity contribution in [1.29, 1.82) is 0 Å². The molecule has 16 heavy (non-hydrogen) atoms. The molecule has 6 heteroatoms. The first-order valence-electron chi connectivity index (χ1n) is 4.82. The second kappa shape index (κ2) is 8.12. The Kier molecular flexibility index (Phi) is 8.10. The van der Waals surface area contributed by atoms with Gasteiger partial charge in [-0.3, -0.25) is 4.98 Å². The fraction of sp³-hybridized carbons (Fsp3) is 0.500. The van der Waals surface area contributed by atoms with Gasteiger partial charge >= 0.3 is 0 Å². The van der Waals surface area contributed by atoms with Crippen LogP contribution in [0.5, 0.6) is 5.75 Å². The zero-order valence-electron chi connectivity index (χ0n) is 8.69. The number of hydrogen-bond acceptors (Lipinski definition) is 3. The van der Waals surface area contributed by atoms with Gasteiger partial charge in [-0.1, -0.05) is 0 Å². The SMILES string of the molecule is Brc1ccncc1OC[C@@H]1CCCN1.Cl.Cl. The van der Waals surface area contributed by atoms with Gasteiger partial charge in [-0.05, 0) is 41.4 Å². The quantitative estimate of drug-likeness (QED) is 0.926. The van der Waals surface area contributed by atoms with Crippen LogP contribution in [-0.2, 0) is 0 Å². The molecule has 92 valence electrons. The molecular weight excluding hydrogens is 315 g/mol. The summed E-state index contributed by atoms with van der Waals surface area (Å²) < 4.78 is 6.61. The van der Waals surface area contributed by atoms with E-state index in [2.05, 4.69) is 26.2 Å². The summed E-state index contributed by atoms with van der Waals surface area (Å²) in [6.07, 6.45) is 5.93. The van der Waals surface area contributed by atoms with Crippen LogP contribution in [0.15, 0.2) is 22.9 Å². The minimum absolute atomic E-state index is 0. The third-order valence-corrected chi connectivity index (χ3v) is 2.99. The van der Waals surface area contributed by atoms with Crippen LogP contribution in [0, 0.1) is 0 Å². The summed E-state index contributed by atoms with van der Waals surface area (Å²) >= 11 is 3.42. The Morgan fingerprint density at radius 2 is 2.31 bits per heavy atom. The lowest BCUT2D eigenvalue weighted by atomic mass is 10.2. The predicted octanol–water partition coefficient (Wildman–Crippen LogP) is 2.82. The first kappa shape index (κ1) is 16.0. The second-order valence-electron chi connectivity index (χ2n) is 3.41. The Morgan fingerprint density at radius 1 is 1.50 bits per heavy atom. The van der Waals surface area contributed by atoms with Crippen molar-refractivity contribution in [3.63, 3.8) is 0 Å². The van der Waals surface area contributed by atoms with Crippen LogP contribution < -0.4 is 10.1 Å². The Balaban J connectivity index is 0.00000112. The average molecular weight is 330 g/mol. The van der Waals surface area contributed by atoms with Gasteiger partial charge in [-0.2, -0.15) is 0 Å². The second-order valence-corrected chi connectivity index (χ2v) is 4.26. The summed E-state index contributed by atoms with van der Waals surface area (Å²) in [7, 11) is 0. The average Bonchev–Trinajstić information content (AvgIpc) is 2.69. The molecule has 1 atom stereocenters. The minimum atomic E-state index is 0. The van der Waals surface area contributed by atoms with E-state index in [9.17, 15) is 0 Å². The van der Waals surface area contributed by atoms with Crippen molar-refractivity contribution in [2.45, 2.75) is 18.9 Å². The van der Waals surface area contributed by atoms with Gasteiger partial charge in [0.15, 0.2) is 5.75 Å². The lowest BCUT2D eigenvalue weighted by Crippen LogP contribution is -2.28. The van der Waals surface area contributed by atoms with Gasteiger partial charge in [0.25, 0.3) is 0 Å². The minimum Gasteiger partial charge on any atom is -0.489 e. The maximum absolute atomic E-state index is 5.65. The van der Waals surface area contributed by atoms with Crippen LogP contribution in [0.25, 0.3) is 0 Å². The van der Waals surface area contributed by atoms with Crippen LogP contribution in [0.2, 0.25) is 0 Å². The molecule has 2 rings (SSSR count). The monoisotopic (exact) mass is 328 g/mol. The van der Waals surface area contributed by atoms with Gasteiger partial charge in [0, 0.05) is 12.2 Å². The zero-order chi connectivity index (χ0) is 9.80. The van der Waals surface area contributed by atoms with Crippen molar-refractivity contribution in [1.82, 2.24) is 10.3 Å². The van der Waals surface area contributed by atoms with E-state index in [0.717, 1.165) is 23.4 Å². The molecule has 0 aliphatic carbocycles. The normalized spacial score (nSPS) is 18.4. The molecule has 0 bridgehead atoms. The smallest absolute Gasteiger partial charge is 0.151 e. The molecule has 1 aromatic heterocycles. The molecular formula is C10H15BrCl2N2O. The highest BCUT2D eigenvalue weighted by Crippen LogP contribution is 2.23. The molecule has 0 spiro atoms. The van der Waals surface area contributed by atoms with E-state index in [1.807, 2.05) is 6.07 Å². The van der Waals surface area contributed by atoms with Crippen molar-refractivity contribution in [3.8, 4) is 5.75 Å². The fourth-order valence-electron chi connectivity index (χ4n) is 1.56. The molecule has 0 amide bonds. The third kappa shape index (κ3) is 4.45. The van der Waals surface area contributed by atoms with Crippen molar-refractivity contribution in [3.05, 3.63) is 22.9 Å². The van der Waals surface area contributed by atoms with Crippen molar-refractivity contribution in [2.75, 3.05) is 13.2 Å². The van der Waals surface area contributed by atoms with Gasteiger partial charge in [0.1, 0.15) is 6.61 Å². The largest absolute Gasteiger partial charge is 0.489 e. The van der Waals surface area contributed by atoms with Gasteiger partial charge in [0.05, 0.1) is 10.7 Å². The first-order chi connectivity index (χ1) is 6.86. The third-order valence-electron chi connectivity index (χ3n) is 2.34. The van der Waals surface area contributed by atoms with Crippen molar-refractivity contribution < 1.29 is 4.74 Å². The topological polar surface area (TPSA) is 34.1 Å². The van der Waals surface area contributed by atoms with E-state index in [1.165, 1.54) is 12.8 Å². The zero-order valence-corrected chi connectivity index (χ0v) is 11.9. The number of pyridine rings is 1. The van der Waals surface area contributed by atoms with Crippen LogP contribution in [0.1, 0.15) is 12.8 Å². The van der Waals surface area contributed by atoms with E-state index in [4.69, 9.17) is 4.74 Å². The number of hydrogen-bond donors (Lipinski definition) is 1. The maximum Gasteiger partial charge on any atom is 0.151 e. The van der Waals surface area contributed by atoms with Crippen LogP contribution in [0.4, 0.5) is 0 Å². The number of ether oxygens (including phenoxy) is 1. The number of nitrogens with one attached hydrogen (secondary N) is 1. The summed E-state index contributed by atoms with van der Waals surface area (Å²) in [6.45, 7) is 1.84. The molecule has 0 unspecified atom stereocenters. The Morgan fingerprint density at radius 3 is 2.94 bits per heavy atom. The predicted molar refractivity (Wildman–Crippen MR) is 73.0 cm³/mol. The van der Waals surface area contributed by atoms with Crippen molar-refractivity contribution in [2.24, 2.45) is 0 Å². The Hall–Kier alpha value is -0.0300.